The Hall–Kier alpha value is -2.62. The van der Waals surface area contributed by atoms with Crippen LogP contribution in [0.1, 0.15) is 28.8 Å². The summed E-state index contributed by atoms with van der Waals surface area (Å²) >= 11 is 0. The number of aryl methyl sites for hydroxylation is 1. The van der Waals surface area contributed by atoms with Crippen molar-refractivity contribution in [1.29, 1.82) is 0 Å². The Morgan fingerprint density at radius 2 is 1.61 bits per heavy atom. The van der Waals surface area contributed by atoms with Crippen molar-refractivity contribution >= 4 is 11.9 Å². The fourth-order valence-corrected chi connectivity index (χ4v) is 2.35. The van der Waals surface area contributed by atoms with Crippen LogP contribution < -0.4 is 5.32 Å². The maximum atomic E-state index is 12.3. The topological polar surface area (TPSA) is 55.4 Å². The summed E-state index contributed by atoms with van der Waals surface area (Å²) in [5.41, 5.74) is 1.76. The first-order valence-corrected chi connectivity index (χ1v) is 7.65. The third-order valence-corrected chi connectivity index (χ3v) is 3.64. The van der Waals surface area contributed by atoms with Gasteiger partial charge in [0.2, 0.25) is 0 Å². The van der Waals surface area contributed by atoms with Crippen LogP contribution in [0.2, 0.25) is 0 Å². The Labute approximate surface area is 136 Å². The summed E-state index contributed by atoms with van der Waals surface area (Å²) in [6.07, 6.45) is 1.64. The Balaban J connectivity index is 1.99. The fourth-order valence-electron chi connectivity index (χ4n) is 2.35. The van der Waals surface area contributed by atoms with Crippen molar-refractivity contribution in [1.82, 2.24) is 5.32 Å². The molecule has 0 aliphatic heterocycles. The minimum Gasteiger partial charge on any atom is -0.469 e. The molecule has 0 radical (unpaired) electrons. The SMILES string of the molecule is COC(=O)CC(CCc1ccccc1)NC(=O)c1ccccc1. The summed E-state index contributed by atoms with van der Waals surface area (Å²) < 4.78 is 4.73. The van der Waals surface area contributed by atoms with Crippen LogP contribution in [0.5, 0.6) is 0 Å². The molecule has 0 saturated carbocycles. The fraction of sp³-hybridized carbons (Fsp3) is 0.263. The first-order valence-electron chi connectivity index (χ1n) is 7.65. The number of carbonyl (C=O) groups is 2. The molecule has 2 aromatic carbocycles. The molecule has 1 atom stereocenters. The maximum absolute atomic E-state index is 12.3. The van der Waals surface area contributed by atoms with E-state index in [9.17, 15) is 9.59 Å². The lowest BCUT2D eigenvalue weighted by Gasteiger charge is -2.18. The lowest BCUT2D eigenvalue weighted by atomic mass is 10.0. The van der Waals surface area contributed by atoms with Crippen LogP contribution in [-0.4, -0.2) is 25.0 Å². The minimum absolute atomic E-state index is 0.169. The lowest BCUT2D eigenvalue weighted by Crippen LogP contribution is -2.37. The second-order valence-corrected chi connectivity index (χ2v) is 5.34. The van der Waals surface area contributed by atoms with Gasteiger partial charge in [-0.05, 0) is 30.5 Å². The van der Waals surface area contributed by atoms with Crippen molar-refractivity contribution in [2.45, 2.75) is 25.3 Å². The van der Waals surface area contributed by atoms with E-state index in [-0.39, 0.29) is 24.3 Å². The van der Waals surface area contributed by atoms with Crippen LogP contribution in [0.3, 0.4) is 0 Å². The van der Waals surface area contributed by atoms with Gasteiger partial charge in [0.25, 0.3) is 5.91 Å². The highest BCUT2D eigenvalue weighted by molar-refractivity contribution is 5.94. The molecule has 0 aliphatic carbocycles. The molecule has 0 bridgehead atoms. The smallest absolute Gasteiger partial charge is 0.307 e. The van der Waals surface area contributed by atoms with Gasteiger partial charge in [-0.3, -0.25) is 9.59 Å². The van der Waals surface area contributed by atoms with Gasteiger partial charge in [0, 0.05) is 11.6 Å². The van der Waals surface area contributed by atoms with Crippen LogP contribution in [0.15, 0.2) is 60.7 Å². The van der Waals surface area contributed by atoms with Crippen molar-refractivity contribution in [2.75, 3.05) is 7.11 Å². The van der Waals surface area contributed by atoms with Crippen molar-refractivity contribution in [3.8, 4) is 0 Å². The van der Waals surface area contributed by atoms with E-state index in [0.29, 0.717) is 12.0 Å². The summed E-state index contributed by atoms with van der Waals surface area (Å²) in [5, 5.41) is 2.93. The predicted molar refractivity (Wildman–Crippen MR) is 89.1 cm³/mol. The van der Waals surface area contributed by atoms with Crippen molar-refractivity contribution in [2.24, 2.45) is 0 Å². The van der Waals surface area contributed by atoms with Gasteiger partial charge < -0.3 is 10.1 Å². The standard InChI is InChI=1S/C19H21NO3/c1-23-18(21)14-17(13-12-15-8-4-2-5-9-15)20-19(22)16-10-6-3-7-11-16/h2-11,17H,12-14H2,1H3,(H,20,22). The van der Waals surface area contributed by atoms with E-state index in [1.54, 1.807) is 12.1 Å². The Bertz CT molecular complexity index is 626. The van der Waals surface area contributed by atoms with E-state index in [1.165, 1.54) is 12.7 Å². The molecule has 23 heavy (non-hydrogen) atoms. The molecule has 2 aromatic rings. The summed E-state index contributed by atoms with van der Waals surface area (Å²) in [7, 11) is 1.36. The number of benzene rings is 2. The number of methoxy groups -OCH3 is 1. The number of amides is 1. The van der Waals surface area contributed by atoms with Gasteiger partial charge in [-0.1, -0.05) is 48.5 Å². The van der Waals surface area contributed by atoms with Crippen LogP contribution in [0.25, 0.3) is 0 Å². The van der Waals surface area contributed by atoms with Crippen LogP contribution in [-0.2, 0) is 16.0 Å². The van der Waals surface area contributed by atoms with Gasteiger partial charge in [0.1, 0.15) is 0 Å². The molecular weight excluding hydrogens is 290 g/mol. The highest BCUT2D eigenvalue weighted by Gasteiger charge is 2.17. The Morgan fingerprint density at radius 3 is 2.22 bits per heavy atom. The van der Waals surface area contributed by atoms with E-state index in [2.05, 4.69) is 5.32 Å². The van der Waals surface area contributed by atoms with Crippen LogP contribution in [0, 0.1) is 0 Å². The molecule has 0 heterocycles. The maximum Gasteiger partial charge on any atom is 0.307 e. The molecule has 0 fully saturated rings. The Kier molecular flexibility index (Phi) is 6.36. The van der Waals surface area contributed by atoms with E-state index in [1.807, 2.05) is 48.5 Å². The highest BCUT2D eigenvalue weighted by Crippen LogP contribution is 2.09. The van der Waals surface area contributed by atoms with Gasteiger partial charge in [-0.25, -0.2) is 0 Å². The molecule has 4 heteroatoms. The quantitative estimate of drug-likeness (QED) is 0.800. The van der Waals surface area contributed by atoms with Gasteiger partial charge in [-0.15, -0.1) is 0 Å². The molecule has 1 amide bonds. The zero-order chi connectivity index (χ0) is 16.5. The van der Waals surface area contributed by atoms with Crippen molar-refractivity contribution in [3.63, 3.8) is 0 Å². The molecule has 4 nitrogen and oxygen atoms in total. The number of hydrogen-bond donors (Lipinski definition) is 1. The summed E-state index contributed by atoms with van der Waals surface area (Å²) in [6, 6.07) is 18.7. The molecular formula is C19H21NO3. The lowest BCUT2D eigenvalue weighted by molar-refractivity contribution is -0.141. The number of rotatable bonds is 7. The van der Waals surface area contributed by atoms with E-state index >= 15 is 0 Å². The highest BCUT2D eigenvalue weighted by atomic mass is 16.5. The number of carbonyl (C=O) groups excluding carboxylic acids is 2. The van der Waals surface area contributed by atoms with Crippen molar-refractivity contribution < 1.29 is 14.3 Å². The number of ether oxygens (including phenoxy) is 1. The Morgan fingerprint density at radius 1 is 1.00 bits per heavy atom. The molecule has 1 N–H and O–H groups in total. The largest absolute Gasteiger partial charge is 0.469 e. The molecule has 120 valence electrons. The minimum atomic E-state index is -0.323. The van der Waals surface area contributed by atoms with Gasteiger partial charge in [0.15, 0.2) is 0 Å². The average Bonchev–Trinajstić information content (AvgIpc) is 2.61. The average molecular weight is 311 g/mol. The van der Waals surface area contributed by atoms with Crippen LogP contribution >= 0.6 is 0 Å². The third kappa shape index (κ3) is 5.58. The summed E-state index contributed by atoms with van der Waals surface area (Å²) in [6.45, 7) is 0. The first-order chi connectivity index (χ1) is 11.2. The van der Waals surface area contributed by atoms with Crippen LogP contribution in [0.4, 0.5) is 0 Å². The molecule has 0 spiro atoms. The summed E-state index contributed by atoms with van der Waals surface area (Å²) in [4.78, 5) is 23.9. The van der Waals surface area contributed by atoms with E-state index in [0.717, 1.165) is 6.42 Å². The van der Waals surface area contributed by atoms with Gasteiger partial charge in [-0.2, -0.15) is 0 Å². The molecule has 2 rings (SSSR count). The number of esters is 1. The molecule has 0 aromatic heterocycles. The van der Waals surface area contributed by atoms with Crippen molar-refractivity contribution in [3.05, 3.63) is 71.8 Å². The zero-order valence-electron chi connectivity index (χ0n) is 13.2. The number of nitrogens with one attached hydrogen (secondary N) is 1. The first kappa shape index (κ1) is 16.7. The second-order valence-electron chi connectivity index (χ2n) is 5.34. The van der Waals surface area contributed by atoms with E-state index in [4.69, 9.17) is 4.74 Å². The third-order valence-electron chi connectivity index (χ3n) is 3.64. The zero-order valence-corrected chi connectivity index (χ0v) is 13.2. The molecule has 1 unspecified atom stereocenters. The normalized spacial score (nSPS) is 11.5. The second kappa shape index (κ2) is 8.73. The van der Waals surface area contributed by atoms with E-state index < -0.39 is 0 Å². The molecule has 0 saturated heterocycles. The summed E-state index contributed by atoms with van der Waals surface area (Å²) in [5.74, 6) is -0.496. The van der Waals surface area contributed by atoms with Gasteiger partial charge >= 0.3 is 5.97 Å². The van der Waals surface area contributed by atoms with Gasteiger partial charge in [0.05, 0.1) is 13.5 Å². The number of hydrogen-bond acceptors (Lipinski definition) is 3. The predicted octanol–water partition coefficient (Wildman–Crippen LogP) is 2.98. The monoisotopic (exact) mass is 311 g/mol. The molecule has 0 aliphatic rings.